The van der Waals surface area contributed by atoms with Gasteiger partial charge in [0.1, 0.15) is 25.2 Å². The third-order valence-corrected chi connectivity index (χ3v) is 2.35. The Morgan fingerprint density at radius 3 is 2.94 bits per heavy atom. The molecule has 0 saturated heterocycles. The highest BCUT2D eigenvalue weighted by molar-refractivity contribution is 5.72. The molecular weight excluding hydrogens is 236 g/mol. The molecule has 0 aliphatic heterocycles. The number of aryl methyl sites for hydroxylation is 1. The van der Waals surface area contributed by atoms with E-state index in [1.54, 1.807) is 10.9 Å². The molecular formula is C11H14N4O3. The summed E-state index contributed by atoms with van der Waals surface area (Å²) in [5.74, 6) is -0.310. The van der Waals surface area contributed by atoms with E-state index in [0.717, 1.165) is 16.9 Å². The average Bonchev–Trinajstić information content (AvgIpc) is 2.73. The van der Waals surface area contributed by atoms with Crippen molar-refractivity contribution in [2.24, 2.45) is 0 Å². The fourth-order valence-electron chi connectivity index (χ4n) is 1.50. The van der Waals surface area contributed by atoms with Crippen molar-refractivity contribution in [1.82, 2.24) is 19.5 Å². The molecule has 2 rings (SSSR count). The van der Waals surface area contributed by atoms with Gasteiger partial charge in [0.15, 0.2) is 5.65 Å². The van der Waals surface area contributed by atoms with Gasteiger partial charge in [-0.2, -0.15) is 0 Å². The van der Waals surface area contributed by atoms with Crippen LogP contribution >= 0.6 is 0 Å². The van der Waals surface area contributed by atoms with Crippen LogP contribution in [0.1, 0.15) is 12.6 Å². The third kappa shape index (κ3) is 2.80. The fourth-order valence-corrected chi connectivity index (χ4v) is 1.50. The van der Waals surface area contributed by atoms with Gasteiger partial charge < -0.3 is 9.47 Å². The normalized spacial score (nSPS) is 10.8. The van der Waals surface area contributed by atoms with Crippen LogP contribution in [-0.4, -0.2) is 38.7 Å². The number of carbonyl (C=O) groups is 1. The molecule has 0 aliphatic rings. The van der Waals surface area contributed by atoms with Crippen LogP contribution in [0.5, 0.6) is 0 Å². The minimum atomic E-state index is -0.310. The topological polar surface area (TPSA) is 79.1 Å². The van der Waals surface area contributed by atoms with Crippen LogP contribution in [0.15, 0.2) is 12.7 Å². The smallest absolute Gasteiger partial charge is 0.302 e. The molecule has 0 atom stereocenters. The molecule has 0 saturated carbocycles. The van der Waals surface area contributed by atoms with Gasteiger partial charge in [0.25, 0.3) is 0 Å². The van der Waals surface area contributed by atoms with Gasteiger partial charge >= 0.3 is 5.97 Å². The second kappa shape index (κ2) is 5.54. The Bertz CT molecular complexity index is 552. The number of ether oxygens (including phenoxy) is 2. The Morgan fingerprint density at radius 1 is 1.33 bits per heavy atom. The Morgan fingerprint density at radius 2 is 2.17 bits per heavy atom. The van der Waals surface area contributed by atoms with Crippen molar-refractivity contribution in [1.29, 1.82) is 0 Å². The molecule has 2 aromatic heterocycles. The first-order chi connectivity index (χ1) is 8.68. The highest BCUT2D eigenvalue weighted by Gasteiger charge is 2.06. The number of aromatic nitrogens is 4. The lowest BCUT2D eigenvalue weighted by Crippen LogP contribution is -2.10. The van der Waals surface area contributed by atoms with Crippen molar-refractivity contribution in [2.45, 2.75) is 20.6 Å². The van der Waals surface area contributed by atoms with E-state index in [1.807, 2.05) is 6.92 Å². The molecule has 0 radical (unpaired) electrons. The van der Waals surface area contributed by atoms with E-state index in [0.29, 0.717) is 13.3 Å². The summed E-state index contributed by atoms with van der Waals surface area (Å²) in [6.07, 6.45) is 3.15. The van der Waals surface area contributed by atoms with Gasteiger partial charge in [-0.15, -0.1) is 0 Å². The van der Waals surface area contributed by atoms with Crippen molar-refractivity contribution in [3.63, 3.8) is 0 Å². The molecule has 0 amide bonds. The Hall–Kier alpha value is -2.02. The Labute approximate surface area is 104 Å². The number of hydrogen-bond donors (Lipinski definition) is 0. The SMILES string of the molecule is CC(=O)OCCOCn1cnc2c(C)ncnc21. The molecule has 0 aliphatic carbocycles. The maximum Gasteiger partial charge on any atom is 0.302 e. The standard InChI is InChI=1S/C11H14N4O3/c1-8-10-11(13-5-12-8)15(6-14-10)7-17-3-4-18-9(2)16/h5-6H,3-4,7H2,1-2H3. The molecule has 0 bridgehead atoms. The van der Waals surface area contributed by atoms with E-state index in [1.165, 1.54) is 13.3 Å². The maximum atomic E-state index is 10.5. The molecule has 96 valence electrons. The molecule has 18 heavy (non-hydrogen) atoms. The van der Waals surface area contributed by atoms with E-state index in [-0.39, 0.29) is 12.6 Å². The first kappa shape index (κ1) is 12.4. The Kier molecular flexibility index (Phi) is 3.83. The van der Waals surface area contributed by atoms with Gasteiger partial charge in [-0.25, -0.2) is 15.0 Å². The van der Waals surface area contributed by atoms with E-state index in [2.05, 4.69) is 15.0 Å². The summed E-state index contributed by atoms with van der Waals surface area (Å²) in [6.45, 7) is 4.14. The molecule has 0 aromatic carbocycles. The highest BCUT2D eigenvalue weighted by Crippen LogP contribution is 2.11. The summed E-state index contributed by atoms with van der Waals surface area (Å²) in [7, 11) is 0. The number of hydrogen-bond acceptors (Lipinski definition) is 6. The predicted octanol–water partition coefficient (Wildman–Crippen LogP) is 0.672. The summed E-state index contributed by atoms with van der Waals surface area (Å²) in [4.78, 5) is 23.0. The molecule has 7 nitrogen and oxygen atoms in total. The first-order valence-corrected chi connectivity index (χ1v) is 5.52. The van der Waals surface area contributed by atoms with Crippen LogP contribution in [0.4, 0.5) is 0 Å². The second-order valence-electron chi connectivity index (χ2n) is 3.72. The largest absolute Gasteiger partial charge is 0.463 e. The fraction of sp³-hybridized carbons (Fsp3) is 0.455. The van der Waals surface area contributed by atoms with E-state index in [4.69, 9.17) is 9.47 Å². The van der Waals surface area contributed by atoms with Crippen LogP contribution in [0, 0.1) is 6.92 Å². The zero-order chi connectivity index (χ0) is 13.0. The minimum Gasteiger partial charge on any atom is -0.463 e. The second-order valence-corrected chi connectivity index (χ2v) is 3.72. The summed E-state index contributed by atoms with van der Waals surface area (Å²) in [5, 5.41) is 0. The van der Waals surface area contributed by atoms with E-state index >= 15 is 0 Å². The zero-order valence-electron chi connectivity index (χ0n) is 10.3. The lowest BCUT2D eigenvalue weighted by atomic mass is 10.4. The van der Waals surface area contributed by atoms with Gasteiger partial charge in [-0.1, -0.05) is 0 Å². The molecule has 7 heteroatoms. The lowest BCUT2D eigenvalue weighted by Gasteiger charge is -2.05. The number of imidazole rings is 1. The number of rotatable bonds is 5. The van der Waals surface area contributed by atoms with Crippen molar-refractivity contribution in [2.75, 3.05) is 13.2 Å². The van der Waals surface area contributed by atoms with E-state index in [9.17, 15) is 4.79 Å². The lowest BCUT2D eigenvalue weighted by molar-refractivity contribution is -0.142. The van der Waals surface area contributed by atoms with Gasteiger partial charge in [-0.3, -0.25) is 9.36 Å². The highest BCUT2D eigenvalue weighted by atomic mass is 16.6. The molecule has 0 fully saturated rings. The van der Waals surface area contributed by atoms with Crippen molar-refractivity contribution in [3.8, 4) is 0 Å². The van der Waals surface area contributed by atoms with Crippen molar-refractivity contribution >= 4 is 17.1 Å². The van der Waals surface area contributed by atoms with Crippen molar-refractivity contribution in [3.05, 3.63) is 18.3 Å². The summed E-state index contributed by atoms with van der Waals surface area (Å²) in [6, 6.07) is 0. The van der Waals surface area contributed by atoms with Crippen LogP contribution in [0.2, 0.25) is 0 Å². The molecule has 0 N–H and O–H groups in total. The van der Waals surface area contributed by atoms with Gasteiger partial charge in [0.05, 0.1) is 18.6 Å². The van der Waals surface area contributed by atoms with Crippen LogP contribution in [-0.2, 0) is 21.0 Å². The van der Waals surface area contributed by atoms with E-state index < -0.39 is 0 Å². The predicted molar refractivity (Wildman–Crippen MR) is 62.6 cm³/mol. The summed E-state index contributed by atoms with van der Waals surface area (Å²) in [5.41, 5.74) is 2.33. The van der Waals surface area contributed by atoms with Gasteiger partial charge in [-0.05, 0) is 6.92 Å². The number of esters is 1. The third-order valence-electron chi connectivity index (χ3n) is 2.35. The quantitative estimate of drug-likeness (QED) is 0.573. The number of fused-ring (bicyclic) bond motifs is 1. The monoisotopic (exact) mass is 250 g/mol. The molecule has 2 heterocycles. The zero-order valence-corrected chi connectivity index (χ0v) is 10.3. The van der Waals surface area contributed by atoms with Crippen LogP contribution in [0.25, 0.3) is 11.2 Å². The minimum absolute atomic E-state index is 0.246. The van der Waals surface area contributed by atoms with Gasteiger partial charge in [0, 0.05) is 6.92 Å². The Balaban J connectivity index is 1.92. The summed E-state index contributed by atoms with van der Waals surface area (Å²) < 4.78 is 11.9. The van der Waals surface area contributed by atoms with Crippen LogP contribution in [0.3, 0.4) is 0 Å². The average molecular weight is 250 g/mol. The molecule has 2 aromatic rings. The summed E-state index contributed by atoms with van der Waals surface area (Å²) >= 11 is 0. The maximum absolute atomic E-state index is 10.5. The number of carbonyl (C=O) groups excluding carboxylic acids is 1. The first-order valence-electron chi connectivity index (χ1n) is 5.52. The number of nitrogens with zero attached hydrogens (tertiary/aromatic N) is 4. The van der Waals surface area contributed by atoms with Crippen LogP contribution < -0.4 is 0 Å². The van der Waals surface area contributed by atoms with Crippen molar-refractivity contribution < 1.29 is 14.3 Å². The molecule has 0 unspecified atom stereocenters. The molecule has 0 spiro atoms. The van der Waals surface area contributed by atoms with Gasteiger partial charge in [0.2, 0.25) is 0 Å².